The van der Waals surface area contributed by atoms with Gasteiger partial charge in [-0.05, 0) is 12.1 Å². The van der Waals surface area contributed by atoms with E-state index >= 15 is 0 Å². The predicted octanol–water partition coefficient (Wildman–Crippen LogP) is 1.40. The molecule has 16 heteroatoms. The van der Waals surface area contributed by atoms with Gasteiger partial charge in [-0.15, -0.1) is 0 Å². The first kappa shape index (κ1) is 25.6. The predicted molar refractivity (Wildman–Crippen MR) is 112 cm³/mol. The van der Waals surface area contributed by atoms with Crippen LogP contribution in [0.3, 0.4) is 0 Å². The Morgan fingerprint density at radius 2 is 1.12 bits per heavy atom. The molecule has 0 saturated carbocycles. The van der Waals surface area contributed by atoms with Crippen LogP contribution >= 0.6 is 0 Å². The summed E-state index contributed by atoms with van der Waals surface area (Å²) >= 11 is 0. The highest BCUT2D eigenvalue weighted by atomic mass is 32.2. The number of hydrogen-bond acceptors (Lipinski definition) is 12. The van der Waals surface area contributed by atoms with Crippen molar-refractivity contribution >= 4 is 31.6 Å². The van der Waals surface area contributed by atoms with Crippen LogP contribution in [0, 0.1) is 20.2 Å². The zero-order valence-electron chi connectivity index (χ0n) is 17.2. The number of nitro groups is 2. The number of hydrogen-bond donors (Lipinski definition) is 0. The minimum absolute atomic E-state index is 0.0645. The molecule has 2 atom stereocenters. The van der Waals surface area contributed by atoms with Gasteiger partial charge in [-0.3, -0.25) is 28.6 Å². The lowest BCUT2D eigenvalue weighted by atomic mass is 10.3. The average Bonchev–Trinajstić information content (AvgIpc) is 3.72. The Morgan fingerprint density at radius 1 is 0.765 bits per heavy atom. The van der Waals surface area contributed by atoms with E-state index in [0.29, 0.717) is 13.2 Å². The fourth-order valence-electron chi connectivity index (χ4n) is 2.30. The Hall–Kier alpha value is -3.02. The minimum Gasteiger partial charge on any atom is -0.371 e. The summed E-state index contributed by atoms with van der Waals surface area (Å²) < 4.78 is 65.6. The van der Waals surface area contributed by atoms with Crippen molar-refractivity contribution in [3.63, 3.8) is 0 Å². The van der Waals surface area contributed by atoms with E-state index in [0.717, 1.165) is 12.1 Å². The highest BCUT2D eigenvalue weighted by molar-refractivity contribution is 7.87. The molecule has 4 rings (SSSR count). The smallest absolute Gasteiger partial charge is 0.297 e. The number of ether oxygens (including phenoxy) is 2. The summed E-state index contributed by atoms with van der Waals surface area (Å²) in [5.41, 5.74) is -0.588. The highest BCUT2D eigenvalue weighted by Crippen LogP contribution is 2.21. The van der Waals surface area contributed by atoms with Crippen LogP contribution in [-0.4, -0.2) is 65.3 Å². The van der Waals surface area contributed by atoms with Crippen LogP contribution in [-0.2, 0) is 38.1 Å². The summed E-state index contributed by atoms with van der Waals surface area (Å²) in [5.74, 6) is 0. The third-order valence-electron chi connectivity index (χ3n) is 4.26. The van der Waals surface area contributed by atoms with E-state index in [9.17, 15) is 37.1 Å². The molecule has 2 heterocycles. The molecular formula is C18H18N2O12S2. The van der Waals surface area contributed by atoms with Gasteiger partial charge in [0, 0.05) is 24.3 Å². The van der Waals surface area contributed by atoms with Crippen molar-refractivity contribution in [3.8, 4) is 0 Å². The molecular weight excluding hydrogens is 500 g/mol. The number of non-ortho nitro benzene ring substituents is 2. The Labute approximate surface area is 193 Å². The first-order valence-corrected chi connectivity index (χ1v) is 12.3. The monoisotopic (exact) mass is 518 g/mol. The van der Waals surface area contributed by atoms with Crippen LogP contribution in [0.2, 0.25) is 0 Å². The summed E-state index contributed by atoms with van der Waals surface area (Å²) in [5, 5.41) is 21.0. The quantitative estimate of drug-likeness (QED) is 0.190. The van der Waals surface area contributed by atoms with E-state index in [2.05, 4.69) is 0 Å². The molecule has 14 nitrogen and oxygen atoms in total. The third-order valence-corrected chi connectivity index (χ3v) is 6.81. The van der Waals surface area contributed by atoms with Gasteiger partial charge in [0.15, 0.2) is 0 Å². The summed E-state index contributed by atoms with van der Waals surface area (Å²) in [6.45, 7) is 0.824. The maximum absolute atomic E-state index is 11.6. The number of benzene rings is 2. The van der Waals surface area contributed by atoms with Crippen molar-refractivity contribution in [2.75, 3.05) is 26.4 Å². The Bertz CT molecular complexity index is 1170. The van der Waals surface area contributed by atoms with Crippen molar-refractivity contribution < 1.29 is 44.5 Å². The SMILES string of the molecule is O=[N+]([O-])c1cccc(S(=O)(=O)OC[C@@H]2CO2)c1.O=[N+]([O-])c1cccc(S(=O)(=O)OC[C@H]2CO2)c1. The van der Waals surface area contributed by atoms with E-state index in [1.165, 1.54) is 36.4 Å². The first-order chi connectivity index (χ1) is 16.0. The highest BCUT2D eigenvalue weighted by Gasteiger charge is 2.28. The van der Waals surface area contributed by atoms with Gasteiger partial charge >= 0.3 is 0 Å². The van der Waals surface area contributed by atoms with Gasteiger partial charge in [0.05, 0.1) is 36.3 Å². The van der Waals surface area contributed by atoms with Crippen LogP contribution < -0.4 is 0 Å². The largest absolute Gasteiger partial charge is 0.371 e. The normalized spacial score (nSPS) is 18.9. The zero-order chi connectivity index (χ0) is 24.9. The van der Waals surface area contributed by atoms with Crippen LogP contribution in [0.1, 0.15) is 0 Å². The molecule has 0 radical (unpaired) electrons. The fourth-order valence-corrected chi connectivity index (χ4v) is 4.26. The molecule has 0 unspecified atom stereocenters. The van der Waals surface area contributed by atoms with Gasteiger partial charge in [0.2, 0.25) is 0 Å². The molecule has 2 aliphatic heterocycles. The van der Waals surface area contributed by atoms with E-state index in [1.807, 2.05) is 0 Å². The summed E-state index contributed by atoms with van der Waals surface area (Å²) in [7, 11) is -7.91. The fraction of sp³-hybridized carbons (Fsp3) is 0.333. The molecule has 0 spiro atoms. The van der Waals surface area contributed by atoms with E-state index in [4.69, 9.17) is 17.8 Å². The minimum atomic E-state index is -3.96. The Balaban J connectivity index is 0.000000191. The first-order valence-electron chi connectivity index (χ1n) is 9.49. The second-order valence-electron chi connectivity index (χ2n) is 6.90. The summed E-state index contributed by atoms with van der Waals surface area (Å²) in [4.78, 5) is 19.2. The average molecular weight is 518 g/mol. The van der Waals surface area contributed by atoms with Gasteiger partial charge in [-0.2, -0.15) is 16.8 Å². The van der Waals surface area contributed by atoms with Crippen molar-refractivity contribution in [3.05, 3.63) is 68.8 Å². The summed E-state index contributed by atoms with van der Waals surface area (Å²) in [6, 6.07) is 9.42. The molecule has 0 aliphatic carbocycles. The van der Waals surface area contributed by atoms with Crippen LogP contribution in [0.25, 0.3) is 0 Å². The molecule has 0 aromatic heterocycles. The van der Waals surface area contributed by atoms with Crippen molar-refractivity contribution in [1.29, 1.82) is 0 Å². The van der Waals surface area contributed by atoms with Crippen LogP contribution in [0.15, 0.2) is 58.3 Å². The maximum Gasteiger partial charge on any atom is 0.297 e. The molecule has 0 amide bonds. The van der Waals surface area contributed by atoms with Gasteiger partial charge in [-0.1, -0.05) is 12.1 Å². The molecule has 34 heavy (non-hydrogen) atoms. The Kier molecular flexibility index (Phi) is 7.90. The van der Waals surface area contributed by atoms with E-state index < -0.39 is 30.1 Å². The third kappa shape index (κ3) is 7.51. The number of nitro benzene ring substituents is 2. The zero-order valence-corrected chi connectivity index (χ0v) is 18.8. The molecule has 0 bridgehead atoms. The van der Waals surface area contributed by atoms with Gasteiger partial charge < -0.3 is 9.47 Å². The molecule has 184 valence electrons. The molecule has 2 saturated heterocycles. The number of nitrogens with zero attached hydrogens (tertiary/aromatic N) is 2. The van der Waals surface area contributed by atoms with Crippen LogP contribution in [0.5, 0.6) is 0 Å². The lowest BCUT2D eigenvalue weighted by molar-refractivity contribution is -0.385. The van der Waals surface area contributed by atoms with Gasteiger partial charge in [-0.25, -0.2) is 0 Å². The second kappa shape index (κ2) is 10.5. The molecule has 2 aromatic carbocycles. The topological polar surface area (TPSA) is 198 Å². The summed E-state index contributed by atoms with van der Waals surface area (Å²) in [6.07, 6.45) is -0.382. The lowest BCUT2D eigenvalue weighted by Gasteiger charge is -2.03. The lowest BCUT2D eigenvalue weighted by Crippen LogP contribution is -2.11. The van der Waals surface area contributed by atoms with E-state index in [-0.39, 0.29) is 46.6 Å². The van der Waals surface area contributed by atoms with Gasteiger partial charge in [0.1, 0.15) is 22.0 Å². The maximum atomic E-state index is 11.6. The number of epoxide rings is 2. The second-order valence-corrected chi connectivity index (χ2v) is 10.1. The Morgan fingerprint density at radius 3 is 1.41 bits per heavy atom. The molecule has 0 N–H and O–H groups in total. The van der Waals surface area contributed by atoms with Crippen molar-refractivity contribution in [2.45, 2.75) is 22.0 Å². The van der Waals surface area contributed by atoms with Gasteiger partial charge in [0.25, 0.3) is 31.6 Å². The molecule has 2 fully saturated rings. The van der Waals surface area contributed by atoms with Crippen LogP contribution in [0.4, 0.5) is 11.4 Å². The molecule has 2 aliphatic rings. The molecule has 2 aromatic rings. The van der Waals surface area contributed by atoms with Crippen molar-refractivity contribution in [2.24, 2.45) is 0 Å². The van der Waals surface area contributed by atoms with E-state index in [1.54, 1.807) is 0 Å². The number of rotatable bonds is 10. The van der Waals surface area contributed by atoms with Crippen molar-refractivity contribution in [1.82, 2.24) is 0 Å². The standard InChI is InChI=1S/2C9H9NO6S/c2*11-10(12)7-2-1-3-9(4-7)17(13,14)16-6-8-5-15-8/h2*1-4,8H,5-6H2/t2*8-/m10/s1.